The molecule has 0 aromatic rings. The second-order valence-electron chi connectivity index (χ2n) is 4.00. The van der Waals surface area contributed by atoms with Crippen LogP contribution < -0.4 is 5.32 Å². The first-order valence-corrected chi connectivity index (χ1v) is 4.97. The molecule has 0 bridgehead atoms. The average molecular weight is 253 g/mol. The molecule has 0 aliphatic rings. The zero-order valence-corrected chi connectivity index (χ0v) is 9.61. The number of rotatable bonds is 6. The van der Waals surface area contributed by atoms with Gasteiger partial charge in [-0.3, -0.25) is 4.79 Å². The first kappa shape index (κ1) is 16.2. The summed E-state index contributed by atoms with van der Waals surface area (Å²) in [6.07, 6.45) is -7.43. The maximum Gasteiger partial charge on any atom is 0.219 e. The third-order valence-electron chi connectivity index (χ3n) is 2.26. The molecule has 0 aromatic carbocycles. The maximum atomic E-state index is 10.7. The van der Waals surface area contributed by atoms with Gasteiger partial charge >= 0.3 is 0 Å². The molecule has 0 radical (unpaired) electrons. The monoisotopic (exact) mass is 253 g/mol. The van der Waals surface area contributed by atoms with Gasteiger partial charge in [0, 0.05) is 6.92 Å². The van der Waals surface area contributed by atoms with Crippen LogP contribution in [0.2, 0.25) is 0 Å². The highest BCUT2D eigenvalue weighted by Crippen LogP contribution is 2.14. The number of aliphatic hydroxyl groups is 6. The average Bonchev–Trinajstić information content (AvgIpc) is 2.23. The summed E-state index contributed by atoms with van der Waals surface area (Å²) in [7, 11) is 0. The molecule has 0 fully saturated rings. The topological polar surface area (TPSA) is 150 Å². The third kappa shape index (κ3) is 4.54. The van der Waals surface area contributed by atoms with E-state index in [1.54, 1.807) is 0 Å². The predicted octanol–water partition coefficient (Wildman–Crippen LogP) is -3.73. The summed E-state index contributed by atoms with van der Waals surface area (Å²) < 4.78 is 0. The van der Waals surface area contributed by atoms with Gasteiger partial charge in [0.2, 0.25) is 5.91 Å². The number of nitrogens with one attached hydrogen (secondary N) is 1. The Morgan fingerprint density at radius 3 is 2.06 bits per heavy atom. The van der Waals surface area contributed by atoms with Gasteiger partial charge < -0.3 is 36.0 Å². The molecule has 0 rings (SSSR count). The highest BCUT2D eigenvalue weighted by molar-refractivity contribution is 5.73. The van der Waals surface area contributed by atoms with Gasteiger partial charge in [0.15, 0.2) is 5.72 Å². The Bertz CT molecular complexity index is 258. The number of carbonyl (C=O) groups is 1. The number of carbonyl (C=O) groups excluding carboxylic acids is 1. The number of hydrogen-bond donors (Lipinski definition) is 7. The molecule has 0 aliphatic heterocycles. The van der Waals surface area contributed by atoms with Crippen LogP contribution in [0.3, 0.4) is 0 Å². The molecule has 0 aliphatic carbocycles. The predicted molar refractivity (Wildman–Crippen MR) is 55.6 cm³/mol. The van der Waals surface area contributed by atoms with Crippen molar-refractivity contribution in [3.05, 3.63) is 0 Å². The van der Waals surface area contributed by atoms with E-state index in [1.807, 2.05) is 5.32 Å². The lowest BCUT2D eigenvalue weighted by Crippen LogP contribution is -2.61. The van der Waals surface area contributed by atoms with Crippen LogP contribution in [-0.2, 0) is 4.79 Å². The lowest BCUT2D eigenvalue weighted by atomic mass is 9.96. The van der Waals surface area contributed by atoms with Crippen LogP contribution in [0.4, 0.5) is 0 Å². The van der Waals surface area contributed by atoms with Crippen molar-refractivity contribution in [1.82, 2.24) is 5.32 Å². The van der Waals surface area contributed by atoms with Gasteiger partial charge in [-0.15, -0.1) is 0 Å². The lowest BCUT2D eigenvalue weighted by molar-refractivity contribution is -0.179. The normalized spacial score (nSPS) is 22.1. The van der Waals surface area contributed by atoms with Gasteiger partial charge in [-0.05, 0) is 6.92 Å². The van der Waals surface area contributed by atoms with E-state index in [2.05, 4.69) is 0 Å². The molecule has 102 valence electrons. The highest BCUT2D eigenvalue weighted by Gasteiger charge is 2.41. The summed E-state index contributed by atoms with van der Waals surface area (Å²) in [5.74, 6) is -0.654. The fourth-order valence-corrected chi connectivity index (χ4v) is 1.29. The van der Waals surface area contributed by atoms with E-state index in [1.165, 1.54) is 0 Å². The molecule has 8 nitrogen and oxygen atoms in total. The maximum absolute atomic E-state index is 10.7. The van der Waals surface area contributed by atoms with Crippen molar-refractivity contribution in [3.63, 3.8) is 0 Å². The van der Waals surface area contributed by atoms with Crippen LogP contribution in [0, 0.1) is 0 Å². The zero-order chi connectivity index (χ0) is 13.8. The van der Waals surface area contributed by atoms with Gasteiger partial charge in [-0.25, -0.2) is 0 Å². The van der Waals surface area contributed by atoms with E-state index >= 15 is 0 Å². The Labute approximate surface area is 98.1 Å². The van der Waals surface area contributed by atoms with Gasteiger partial charge in [-0.1, -0.05) is 0 Å². The van der Waals surface area contributed by atoms with E-state index in [4.69, 9.17) is 10.2 Å². The molecule has 0 saturated heterocycles. The van der Waals surface area contributed by atoms with Crippen molar-refractivity contribution < 1.29 is 35.4 Å². The van der Waals surface area contributed by atoms with E-state index < -0.39 is 42.7 Å². The molecule has 17 heavy (non-hydrogen) atoms. The Kier molecular flexibility index (Phi) is 5.96. The van der Waals surface area contributed by atoms with Gasteiger partial charge in [0.05, 0.1) is 6.61 Å². The van der Waals surface area contributed by atoms with Crippen molar-refractivity contribution in [3.8, 4) is 0 Å². The van der Waals surface area contributed by atoms with Crippen molar-refractivity contribution in [2.24, 2.45) is 0 Å². The van der Waals surface area contributed by atoms with Crippen LogP contribution in [0.15, 0.2) is 0 Å². The van der Waals surface area contributed by atoms with Crippen molar-refractivity contribution >= 4 is 5.91 Å². The molecule has 1 amide bonds. The SMILES string of the molecule is CC(=O)NC(C)(O)[C@H](O)[C@@H](O)[C@H](O)[C@H](O)CO. The quantitative estimate of drug-likeness (QED) is 0.240. The Morgan fingerprint density at radius 1 is 1.24 bits per heavy atom. The van der Waals surface area contributed by atoms with Crippen LogP contribution >= 0.6 is 0 Å². The van der Waals surface area contributed by atoms with Gasteiger partial charge in [0.1, 0.15) is 24.4 Å². The first-order chi connectivity index (χ1) is 7.63. The third-order valence-corrected chi connectivity index (χ3v) is 2.26. The second kappa shape index (κ2) is 6.24. The van der Waals surface area contributed by atoms with Crippen LogP contribution in [0.25, 0.3) is 0 Å². The Hall–Kier alpha value is -0.770. The van der Waals surface area contributed by atoms with Crippen LogP contribution in [0.5, 0.6) is 0 Å². The molecule has 0 aromatic heterocycles. The minimum Gasteiger partial charge on any atom is -0.394 e. The molecular weight excluding hydrogens is 234 g/mol. The van der Waals surface area contributed by atoms with E-state index in [-0.39, 0.29) is 0 Å². The smallest absolute Gasteiger partial charge is 0.219 e. The molecule has 7 N–H and O–H groups in total. The van der Waals surface area contributed by atoms with Crippen molar-refractivity contribution in [1.29, 1.82) is 0 Å². The highest BCUT2D eigenvalue weighted by atomic mass is 16.4. The summed E-state index contributed by atoms with van der Waals surface area (Å²) >= 11 is 0. The summed E-state index contributed by atoms with van der Waals surface area (Å²) in [6, 6.07) is 0. The summed E-state index contributed by atoms with van der Waals surface area (Å²) in [4.78, 5) is 10.7. The zero-order valence-electron chi connectivity index (χ0n) is 9.61. The van der Waals surface area contributed by atoms with Gasteiger partial charge in [0.25, 0.3) is 0 Å². The minimum atomic E-state index is -2.18. The molecule has 0 spiro atoms. The van der Waals surface area contributed by atoms with E-state index in [0.29, 0.717) is 0 Å². The molecule has 8 heteroatoms. The summed E-state index contributed by atoms with van der Waals surface area (Å²) in [5.41, 5.74) is -2.18. The molecular formula is C9H19NO7. The summed E-state index contributed by atoms with van der Waals surface area (Å²) in [6.45, 7) is 1.28. The largest absolute Gasteiger partial charge is 0.394 e. The molecule has 1 unspecified atom stereocenters. The number of aliphatic hydroxyl groups excluding tert-OH is 5. The Balaban J connectivity index is 4.67. The van der Waals surface area contributed by atoms with E-state index in [0.717, 1.165) is 13.8 Å². The van der Waals surface area contributed by atoms with Crippen LogP contribution in [0.1, 0.15) is 13.8 Å². The van der Waals surface area contributed by atoms with Gasteiger partial charge in [-0.2, -0.15) is 0 Å². The molecule has 5 atom stereocenters. The number of amides is 1. The van der Waals surface area contributed by atoms with Crippen LogP contribution in [-0.4, -0.2) is 73.3 Å². The lowest BCUT2D eigenvalue weighted by Gasteiger charge is -2.35. The van der Waals surface area contributed by atoms with E-state index in [9.17, 15) is 25.2 Å². The number of hydrogen-bond acceptors (Lipinski definition) is 7. The standard InChI is InChI=1S/C9H19NO7/c1-4(12)10-9(2,17)8(16)7(15)6(14)5(13)3-11/h5-8,11,13-17H,3H2,1-2H3,(H,10,12)/t5-,6-,7+,8-,9?/m1/s1. The first-order valence-electron chi connectivity index (χ1n) is 4.97. The Morgan fingerprint density at radius 2 is 1.71 bits per heavy atom. The molecule has 0 heterocycles. The van der Waals surface area contributed by atoms with Crippen molar-refractivity contribution in [2.45, 2.75) is 44.0 Å². The fourth-order valence-electron chi connectivity index (χ4n) is 1.29. The minimum absolute atomic E-state index is 0.654. The molecule has 0 saturated carbocycles. The second-order valence-corrected chi connectivity index (χ2v) is 4.00. The fraction of sp³-hybridized carbons (Fsp3) is 0.889. The van der Waals surface area contributed by atoms with Crippen molar-refractivity contribution in [2.75, 3.05) is 6.61 Å². The summed E-state index contributed by atoms with van der Waals surface area (Å²) in [5, 5.41) is 57.5.